The van der Waals surface area contributed by atoms with Crippen molar-refractivity contribution in [2.24, 2.45) is 0 Å². The molecular weight excluding hydrogens is 284 g/mol. The molecule has 2 rings (SSSR count). The fourth-order valence-corrected chi connectivity index (χ4v) is 1.87. The number of hydrogen-bond donors (Lipinski definition) is 1. The van der Waals surface area contributed by atoms with E-state index in [2.05, 4.69) is 0 Å². The van der Waals surface area contributed by atoms with Crippen LogP contribution in [0.4, 0.5) is 5.69 Å². The van der Waals surface area contributed by atoms with Crippen molar-refractivity contribution in [3.8, 4) is 17.6 Å². The first-order chi connectivity index (χ1) is 10.5. The molecule has 0 aliphatic rings. The first kappa shape index (κ1) is 15.1. The second-order valence-electron chi connectivity index (χ2n) is 4.40. The molecule has 0 fully saturated rings. The summed E-state index contributed by atoms with van der Waals surface area (Å²) in [5.41, 5.74) is 1.17. The zero-order chi connectivity index (χ0) is 16.1. The number of phenols is 1. The number of benzene rings is 2. The van der Waals surface area contributed by atoms with Crippen LogP contribution in [0.3, 0.4) is 0 Å². The lowest BCUT2D eigenvalue weighted by Crippen LogP contribution is -1.89. The Morgan fingerprint density at radius 2 is 2.00 bits per heavy atom. The Balaban J connectivity index is 2.43. The highest BCUT2D eigenvalue weighted by Gasteiger charge is 2.08. The SMILES string of the molecule is COc1ccc(O)c(/C=C(/C#N)c2ccc([N+](=O)[O-])cc2)c1. The highest BCUT2D eigenvalue weighted by molar-refractivity contribution is 5.90. The summed E-state index contributed by atoms with van der Waals surface area (Å²) in [5.74, 6) is 0.556. The van der Waals surface area contributed by atoms with Gasteiger partial charge in [-0.25, -0.2) is 0 Å². The van der Waals surface area contributed by atoms with Crippen molar-refractivity contribution >= 4 is 17.3 Å². The molecule has 0 spiro atoms. The number of ether oxygens (including phenoxy) is 1. The van der Waals surface area contributed by atoms with Gasteiger partial charge in [-0.3, -0.25) is 10.1 Å². The van der Waals surface area contributed by atoms with Gasteiger partial charge < -0.3 is 9.84 Å². The summed E-state index contributed by atoms with van der Waals surface area (Å²) in [7, 11) is 1.50. The Bertz CT molecular complexity index is 774. The van der Waals surface area contributed by atoms with E-state index in [1.807, 2.05) is 6.07 Å². The molecule has 110 valence electrons. The van der Waals surface area contributed by atoms with Crippen LogP contribution in [-0.4, -0.2) is 17.1 Å². The topological polar surface area (TPSA) is 96.4 Å². The van der Waals surface area contributed by atoms with E-state index in [4.69, 9.17) is 4.74 Å². The number of methoxy groups -OCH3 is 1. The van der Waals surface area contributed by atoms with Crippen LogP contribution in [-0.2, 0) is 0 Å². The van der Waals surface area contributed by atoms with Crippen LogP contribution < -0.4 is 4.74 Å². The number of nitro groups is 1. The Hall–Kier alpha value is -3.33. The van der Waals surface area contributed by atoms with E-state index in [1.54, 1.807) is 12.1 Å². The van der Waals surface area contributed by atoms with E-state index in [0.717, 1.165) is 0 Å². The zero-order valence-corrected chi connectivity index (χ0v) is 11.7. The van der Waals surface area contributed by atoms with Crippen LogP contribution in [0.25, 0.3) is 11.6 Å². The summed E-state index contributed by atoms with van der Waals surface area (Å²) < 4.78 is 5.07. The standard InChI is InChI=1S/C16H12N2O4/c1-22-15-6-7-16(19)12(9-15)8-13(10-17)11-2-4-14(5-3-11)18(20)21/h2-9,19H,1H3/b13-8-. The van der Waals surface area contributed by atoms with Gasteiger partial charge in [-0.05, 0) is 42.0 Å². The van der Waals surface area contributed by atoms with Crippen molar-refractivity contribution in [2.45, 2.75) is 0 Å². The Labute approximate surface area is 126 Å². The van der Waals surface area contributed by atoms with Crippen molar-refractivity contribution in [1.82, 2.24) is 0 Å². The quantitative estimate of drug-likeness (QED) is 0.404. The third-order valence-corrected chi connectivity index (χ3v) is 3.04. The van der Waals surface area contributed by atoms with Gasteiger partial charge in [-0.2, -0.15) is 5.26 Å². The molecule has 6 nitrogen and oxygen atoms in total. The predicted molar refractivity (Wildman–Crippen MR) is 81.2 cm³/mol. The highest BCUT2D eigenvalue weighted by atomic mass is 16.6. The van der Waals surface area contributed by atoms with Crippen LogP contribution in [0, 0.1) is 21.4 Å². The van der Waals surface area contributed by atoms with Gasteiger partial charge in [0.25, 0.3) is 5.69 Å². The van der Waals surface area contributed by atoms with E-state index in [1.165, 1.54) is 43.5 Å². The number of non-ortho nitro benzene ring substituents is 1. The number of nitro benzene ring substituents is 1. The van der Waals surface area contributed by atoms with E-state index in [0.29, 0.717) is 16.9 Å². The summed E-state index contributed by atoms with van der Waals surface area (Å²) in [4.78, 5) is 10.1. The summed E-state index contributed by atoms with van der Waals surface area (Å²) in [6.07, 6.45) is 1.50. The Morgan fingerprint density at radius 3 is 2.55 bits per heavy atom. The van der Waals surface area contributed by atoms with Crippen LogP contribution in [0.1, 0.15) is 11.1 Å². The lowest BCUT2D eigenvalue weighted by atomic mass is 10.0. The number of phenolic OH excluding ortho intramolecular Hbond substituents is 1. The lowest BCUT2D eigenvalue weighted by molar-refractivity contribution is -0.384. The minimum absolute atomic E-state index is 0.00969. The Morgan fingerprint density at radius 1 is 1.32 bits per heavy atom. The van der Waals surface area contributed by atoms with Crippen LogP contribution in [0.2, 0.25) is 0 Å². The van der Waals surface area contributed by atoms with Crippen molar-refractivity contribution < 1.29 is 14.8 Å². The number of rotatable bonds is 4. The third kappa shape index (κ3) is 3.22. The van der Waals surface area contributed by atoms with Gasteiger partial charge >= 0.3 is 0 Å². The molecule has 0 atom stereocenters. The van der Waals surface area contributed by atoms with Gasteiger partial charge in [-0.15, -0.1) is 0 Å². The molecule has 6 heteroatoms. The second-order valence-corrected chi connectivity index (χ2v) is 4.40. The molecule has 0 aromatic heterocycles. The maximum absolute atomic E-state index is 10.6. The molecule has 1 N–H and O–H groups in total. The van der Waals surface area contributed by atoms with E-state index < -0.39 is 4.92 Å². The molecule has 0 unspecified atom stereocenters. The number of hydrogen-bond acceptors (Lipinski definition) is 5. The van der Waals surface area contributed by atoms with E-state index in [-0.39, 0.29) is 17.0 Å². The maximum atomic E-state index is 10.6. The number of allylic oxidation sites excluding steroid dienone is 1. The molecule has 0 aliphatic heterocycles. The molecule has 0 saturated carbocycles. The largest absolute Gasteiger partial charge is 0.507 e. The van der Waals surface area contributed by atoms with Crippen LogP contribution in [0.15, 0.2) is 42.5 Å². The van der Waals surface area contributed by atoms with Gasteiger partial charge in [0.1, 0.15) is 11.5 Å². The van der Waals surface area contributed by atoms with Crippen molar-refractivity contribution in [2.75, 3.05) is 7.11 Å². The van der Waals surface area contributed by atoms with Gasteiger partial charge in [0.05, 0.1) is 23.7 Å². The third-order valence-electron chi connectivity index (χ3n) is 3.04. The maximum Gasteiger partial charge on any atom is 0.269 e. The van der Waals surface area contributed by atoms with Crippen LogP contribution in [0.5, 0.6) is 11.5 Å². The molecule has 0 heterocycles. The number of nitrogens with zero attached hydrogens (tertiary/aromatic N) is 2. The second kappa shape index (κ2) is 6.41. The lowest BCUT2D eigenvalue weighted by Gasteiger charge is -2.05. The molecular formula is C16H12N2O4. The van der Waals surface area contributed by atoms with Crippen molar-refractivity contribution in [3.05, 3.63) is 63.7 Å². The van der Waals surface area contributed by atoms with Gasteiger partial charge in [0.2, 0.25) is 0 Å². The first-order valence-electron chi connectivity index (χ1n) is 6.29. The molecule has 0 saturated heterocycles. The van der Waals surface area contributed by atoms with Crippen molar-refractivity contribution in [3.63, 3.8) is 0 Å². The summed E-state index contributed by atoms with van der Waals surface area (Å²) >= 11 is 0. The van der Waals surface area contributed by atoms with Gasteiger partial charge in [-0.1, -0.05) is 0 Å². The van der Waals surface area contributed by atoms with E-state index in [9.17, 15) is 20.5 Å². The van der Waals surface area contributed by atoms with E-state index >= 15 is 0 Å². The summed E-state index contributed by atoms with van der Waals surface area (Å²) in [6, 6.07) is 12.3. The minimum atomic E-state index is -0.507. The van der Waals surface area contributed by atoms with Crippen molar-refractivity contribution in [1.29, 1.82) is 5.26 Å². The molecule has 0 bridgehead atoms. The zero-order valence-electron chi connectivity index (χ0n) is 11.7. The summed E-state index contributed by atoms with van der Waals surface area (Å²) in [6.45, 7) is 0. The minimum Gasteiger partial charge on any atom is -0.507 e. The average molecular weight is 296 g/mol. The molecule has 0 aliphatic carbocycles. The fourth-order valence-electron chi connectivity index (χ4n) is 1.87. The normalized spacial score (nSPS) is 10.8. The molecule has 0 radical (unpaired) electrons. The molecule has 2 aromatic carbocycles. The van der Waals surface area contributed by atoms with Gasteiger partial charge in [0, 0.05) is 17.7 Å². The highest BCUT2D eigenvalue weighted by Crippen LogP contribution is 2.28. The number of nitriles is 1. The fraction of sp³-hybridized carbons (Fsp3) is 0.0625. The summed E-state index contributed by atoms with van der Waals surface area (Å²) in [5, 5.41) is 29.7. The van der Waals surface area contributed by atoms with Crippen LogP contribution >= 0.6 is 0 Å². The Kier molecular flexibility index (Phi) is 4.39. The average Bonchev–Trinajstić information content (AvgIpc) is 2.54. The first-order valence-corrected chi connectivity index (χ1v) is 6.29. The molecule has 0 amide bonds. The number of aromatic hydroxyl groups is 1. The monoisotopic (exact) mass is 296 g/mol. The predicted octanol–water partition coefficient (Wildman–Crippen LogP) is 3.37. The smallest absolute Gasteiger partial charge is 0.269 e. The molecule has 2 aromatic rings. The molecule has 22 heavy (non-hydrogen) atoms. The van der Waals surface area contributed by atoms with Gasteiger partial charge in [0.15, 0.2) is 0 Å².